The Morgan fingerprint density at radius 3 is 2.68 bits per heavy atom. The predicted molar refractivity (Wildman–Crippen MR) is 110 cm³/mol. The van der Waals surface area contributed by atoms with E-state index < -0.39 is 18.0 Å². The molecule has 1 atom stereocenters. The molecule has 0 bridgehead atoms. The van der Waals surface area contributed by atoms with Gasteiger partial charge in [0.1, 0.15) is 12.4 Å². The molecule has 1 unspecified atom stereocenters. The second-order valence-electron chi connectivity index (χ2n) is 7.40. The summed E-state index contributed by atoms with van der Waals surface area (Å²) < 4.78 is 15.8. The quantitative estimate of drug-likeness (QED) is 0.416. The average Bonchev–Trinajstić information content (AvgIpc) is 2.77. The second kappa shape index (κ2) is 8.18. The van der Waals surface area contributed by atoms with Gasteiger partial charge in [-0.3, -0.25) is 14.4 Å². The minimum absolute atomic E-state index is 0.235. The highest BCUT2D eigenvalue weighted by atomic mass is 16.5. The number of rotatable bonds is 5. The Bertz CT molecular complexity index is 1130. The third-order valence-corrected chi connectivity index (χ3v) is 5.37. The predicted octanol–water partition coefficient (Wildman–Crippen LogP) is 3.22. The highest BCUT2D eigenvalue weighted by molar-refractivity contribution is 6.04. The van der Waals surface area contributed by atoms with Crippen LogP contribution in [0, 0.1) is 0 Å². The minimum Gasteiger partial charge on any atom is -0.488 e. The molecule has 0 amide bonds. The third-order valence-electron chi connectivity index (χ3n) is 5.37. The van der Waals surface area contributed by atoms with E-state index in [0.717, 1.165) is 28.3 Å². The van der Waals surface area contributed by atoms with Crippen molar-refractivity contribution in [3.05, 3.63) is 65.2 Å². The summed E-state index contributed by atoms with van der Waals surface area (Å²) in [5.74, 6) is -1.11. The van der Waals surface area contributed by atoms with Crippen LogP contribution in [0.2, 0.25) is 0 Å². The largest absolute Gasteiger partial charge is 0.488 e. The Hall–Kier alpha value is -3.74. The molecule has 2 aromatic carbocycles. The topological polar surface area (TPSA) is 96.0 Å². The van der Waals surface area contributed by atoms with Gasteiger partial charge in [0.2, 0.25) is 5.78 Å². The molecule has 0 saturated heterocycles. The van der Waals surface area contributed by atoms with E-state index in [9.17, 15) is 19.2 Å². The Morgan fingerprint density at radius 1 is 1.13 bits per heavy atom. The lowest BCUT2D eigenvalue weighted by Gasteiger charge is -2.27. The van der Waals surface area contributed by atoms with Crippen LogP contribution < -0.4 is 4.74 Å². The minimum atomic E-state index is -0.822. The lowest BCUT2D eigenvalue weighted by Crippen LogP contribution is -2.32. The molecule has 0 N–H and O–H groups in total. The summed E-state index contributed by atoms with van der Waals surface area (Å²) in [6, 6.07) is 8.88. The van der Waals surface area contributed by atoms with Crippen molar-refractivity contribution in [3.63, 3.8) is 0 Å². The van der Waals surface area contributed by atoms with Gasteiger partial charge < -0.3 is 14.2 Å². The molecule has 2 aromatic rings. The normalized spacial score (nSPS) is 16.2. The molecule has 7 heteroatoms. The molecule has 158 valence electrons. The number of carbonyl (C=O) groups is 4. The van der Waals surface area contributed by atoms with Gasteiger partial charge in [0.25, 0.3) is 0 Å². The molecule has 0 radical (unpaired) electrons. The highest BCUT2D eigenvalue weighted by Gasteiger charge is 2.32. The molecule has 0 spiro atoms. The van der Waals surface area contributed by atoms with Crippen molar-refractivity contribution < 1.29 is 33.4 Å². The van der Waals surface area contributed by atoms with Gasteiger partial charge in [-0.05, 0) is 47.7 Å². The zero-order chi connectivity index (χ0) is 22.1. The first-order valence-corrected chi connectivity index (χ1v) is 9.84. The molecule has 0 saturated carbocycles. The third kappa shape index (κ3) is 3.99. The maximum atomic E-state index is 12.8. The number of ether oxygens (including phenoxy) is 3. The van der Waals surface area contributed by atoms with Crippen LogP contribution in [-0.2, 0) is 32.1 Å². The number of hydrogen-bond acceptors (Lipinski definition) is 7. The van der Waals surface area contributed by atoms with Gasteiger partial charge in [0.05, 0.1) is 0 Å². The van der Waals surface area contributed by atoms with E-state index in [1.165, 1.54) is 6.92 Å². The van der Waals surface area contributed by atoms with Crippen LogP contribution in [0.5, 0.6) is 5.75 Å². The molecule has 0 fully saturated rings. The zero-order valence-electron chi connectivity index (χ0n) is 16.9. The van der Waals surface area contributed by atoms with Crippen LogP contribution >= 0.6 is 0 Å². The van der Waals surface area contributed by atoms with Crippen LogP contribution in [0.1, 0.15) is 45.2 Å². The lowest BCUT2D eigenvalue weighted by molar-refractivity contribution is -0.141. The van der Waals surface area contributed by atoms with E-state index in [-0.39, 0.29) is 24.8 Å². The van der Waals surface area contributed by atoms with Crippen molar-refractivity contribution in [1.29, 1.82) is 0 Å². The van der Waals surface area contributed by atoms with Crippen LogP contribution in [-0.4, -0.2) is 36.2 Å². The number of ketones is 2. The molecule has 4 rings (SSSR count). The second-order valence-corrected chi connectivity index (χ2v) is 7.40. The molecule has 0 aromatic heterocycles. The summed E-state index contributed by atoms with van der Waals surface area (Å²) in [6.45, 7) is 4.54. The van der Waals surface area contributed by atoms with E-state index in [1.54, 1.807) is 18.2 Å². The monoisotopic (exact) mass is 420 g/mol. The van der Waals surface area contributed by atoms with Crippen molar-refractivity contribution in [2.45, 2.75) is 32.5 Å². The fraction of sp³-hybridized carbons (Fsp3) is 0.250. The Kier molecular flexibility index (Phi) is 5.42. The number of Topliss-reactive ketones (excluding diaryl/α,β-unsaturated/α-hetero) is 2. The highest BCUT2D eigenvalue weighted by Crippen LogP contribution is 2.41. The van der Waals surface area contributed by atoms with Crippen LogP contribution in [0.15, 0.2) is 43.0 Å². The molecular formula is C24H20O7. The number of fused-ring (bicyclic) bond motifs is 4. The van der Waals surface area contributed by atoms with Gasteiger partial charge in [-0.25, -0.2) is 4.79 Å². The van der Waals surface area contributed by atoms with Gasteiger partial charge in [-0.2, -0.15) is 0 Å². The first-order valence-electron chi connectivity index (χ1n) is 9.84. The van der Waals surface area contributed by atoms with Crippen LogP contribution in [0.25, 0.3) is 11.1 Å². The zero-order valence-corrected chi connectivity index (χ0v) is 16.9. The molecule has 7 nitrogen and oxygen atoms in total. The number of hydrogen-bond donors (Lipinski definition) is 0. The Balaban J connectivity index is 1.62. The van der Waals surface area contributed by atoms with E-state index in [1.807, 2.05) is 12.1 Å². The molecule has 1 aliphatic heterocycles. The number of benzene rings is 2. The van der Waals surface area contributed by atoms with Gasteiger partial charge in [0, 0.05) is 29.7 Å². The number of carbonyl (C=O) groups excluding carboxylic acids is 4. The average molecular weight is 420 g/mol. The van der Waals surface area contributed by atoms with Gasteiger partial charge >= 0.3 is 11.9 Å². The molecule has 2 aliphatic rings. The maximum absolute atomic E-state index is 12.8. The summed E-state index contributed by atoms with van der Waals surface area (Å²) in [5, 5.41) is 0. The molecule has 31 heavy (non-hydrogen) atoms. The van der Waals surface area contributed by atoms with E-state index in [2.05, 4.69) is 6.58 Å². The van der Waals surface area contributed by atoms with Crippen molar-refractivity contribution in [2.75, 3.05) is 6.61 Å². The Labute approximate surface area is 178 Å². The molecule has 1 aliphatic carbocycles. The van der Waals surface area contributed by atoms with Gasteiger partial charge in [-0.1, -0.05) is 18.7 Å². The summed E-state index contributed by atoms with van der Waals surface area (Å²) in [6.07, 6.45) is 1.21. The summed E-state index contributed by atoms with van der Waals surface area (Å²) in [5.41, 5.74) is 4.38. The SMILES string of the molecule is C=CC(=O)OC1CCc2cc3c(cc2C1=O)OCc1cc(C(=O)COC(C)=O)ccc1-3. The van der Waals surface area contributed by atoms with E-state index >= 15 is 0 Å². The van der Waals surface area contributed by atoms with Gasteiger partial charge in [-0.15, -0.1) is 0 Å². The van der Waals surface area contributed by atoms with Gasteiger partial charge in [0.15, 0.2) is 18.5 Å². The van der Waals surface area contributed by atoms with Crippen LogP contribution in [0.3, 0.4) is 0 Å². The number of aryl methyl sites for hydroxylation is 1. The van der Waals surface area contributed by atoms with Crippen molar-refractivity contribution in [1.82, 2.24) is 0 Å². The standard InChI is InChI=1S/C24H20O7/c1-3-23(27)31-21-7-5-14-9-19-17-6-4-15(20(26)12-29-13(2)25)8-16(17)11-30-22(19)10-18(14)24(21)28/h3-4,6,8-10,21H,1,5,7,11-12H2,2H3. The molecule has 1 heterocycles. The van der Waals surface area contributed by atoms with E-state index in [4.69, 9.17) is 14.2 Å². The lowest BCUT2D eigenvalue weighted by atomic mass is 9.84. The van der Waals surface area contributed by atoms with E-state index in [0.29, 0.717) is 29.7 Å². The maximum Gasteiger partial charge on any atom is 0.330 e. The fourth-order valence-corrected chi connectivity index (χ4v) is 3.84. The van der Waals surface area contributed by atoms with Crippen molar-refractivity contribution in [2.24, 2.45) is 0 Å². The van der Waals surface area contributed by atoms with Crippen molar-refractivity contribution >= 4 is 23.5 Å². The number of esters is 2. The first-order chi connectivity index (χ1) is 14.9. The Morgan fingerprint density at radius 2 is 1.94 bits per heavy atom. The van der Waals surface area contributed by atoms with Crippen molar-refractivity contribution in [3.8, 4) is 16.9 Å². The molecular weight excluding hydrogens is 400 g/mol. The first kappa shape index (κ1) is 20.5. The van der Waals surface area contributed by atoms with Crippen LogP contribution in [0.4, 0.5) is 0 Å². The fourth-order valence-electron chi connectivity index (χ4n) is 3.84. The summed E-state index contributed by atoms with van der Waals surface area (Å²) in [4.78, 5) is 47.5. The summed E-state index contributed by atoms with van der Waals surface area (Å²) >= 11 is 0. The summed E-state index contributed by atoms with van der Waals surface area (Å²) in [7, 11) is 0. The smallest absolute Gasteiger partial charge is 0.330 e.